The molecule has 0 bridgehead atoms. The molecule has 0 spiro atoms. The minimum Gasteiger partial charge on any atom is -0.481 e. The molecule has 0 saturated heterocycles. The lowest BCUT2D eigenvalue weighted by molar-refractivity contribution is -0.875. The van der Waals surface area contributed by atoms with Crippen LogP contribution in [0.3, 0.4) is 0 Å². The molecule has 0 fully saturated rings. The summed E-state index contributed by atoms with van der Waals surface area (Å²) in [6, 6.07) is 0. The summed E-state index contributed by atoms with van der Waals surface area (Å²) in [6.07, 6.45) is -0.870. The van der Waals surface area contributed by atoms with Gasteiger partial charge in [0.2, 0.25) is 0 Å². The molecule has 0 heterocycles. The summed E-state index contributed by atoms with van der Waals surface area (Å²) >= 11 is 0. The van der Waals surface area contributed by atoms with Gasteiger partial charge in [0.15, 0.2) is 11.4 Å². The molecule has 0 rings (SSSR count). The lowest BCUT2D eigenvalue weighted by atomic mass is 9.91. The lowest BCUT2D eigenvalue weighted by Crippen LogP contribution is -2.55. The van der Waals surface area contributed by atoms with Crippen molar-refractivity contribution in [2.24, 2.45) is 0 Å². The molecule has 0 aromatic carbocycles. The smallest absolute Gasteiger partial charge is 0.306 e. The summed E-state index contributed by atoms with van der Waals surface area (Å²) in [5.41, 5.74) is -1.91. The summed E-state index contributed by atoms with van der Waals surface area (Å²) in [6.45, 7) is -0.393. The summed E-state index contributed by atoms with van der Waals surface area (Å²) < 4.78 is 0.265. The number of likely N-dealkylation sites (N-methyl/N-ethyl adjacent to an activating group) is 1. The fraction of sp³-hybridized carbons (Fsp3) is 0.800. The van der Waals surface area contributed by atoms with E-state index in [-0.39, 0.29) is 17.4 Å². The molecule has 0 aliphatic heterocycles. The largest absolute Gasteiger partial charge is 0.481 e. The van der Waals surface area contributed by atoms with E-state index in [1.54, 1.807) is 21.1 Å². The van der Waals surface area contributed by atoms with E-state index in [2.05, 4.69) is 0 Å². The lowest BCUT2D eigenvalue weighted by Gasteiger charge is -2.33. The third kappa shape index (κ3) is 5.20. The van der Waals surface area contributed by atoms with Crippen LogP contribution in [0.2, 0.25) is 0 Å². The molecular formula is C10H20NO5+. The van der Waals surface area contributed by atoms with Gasteiger partial charge in [-0.15, -0.1) is 0 Å². The van der Waals surface area contributed by atoms with Gasteiger partial charge in [0.05, 0.1) is 34.2 Å². The number of rotatable bonds is 7. The monoisotopic (exact) mass is 234 g/mol. The second-order valence-electron chi connectivity index (χ2n) is 4.95. The number of carbonyl (C=O) groups is 2. The Hall–Kier alpha value is -0.980. The van der Waals surface area contributed by atoms with Crippen molar-refractivity contribution < 1.29 is 29.4 Å². The van der Waals surface area contributed by atoms with Crippen LogP contribution in [0.15, 0.2) is 0 Å². The third-order valence-corrected chi connectivity index (χ3v) is 2.04. The minimum absolute atomic E-state index is 0.00185. The maximum absolute atomic E-state index is 11.6. The third-order valence-electron chi connectivity index (χ3n) is 2.04. The second kappa shape index (κ2) is 5.38. The van der Waals surface area contributed by atoms with Crippen LogP contribution in [0.25, 0.3) is 0 Å². The Bertz CT molecular complexity index is 271. The normalized spacial score (nSPS) is 15.6. The zero-order valence-corrected chi connectivity index (χ0v) is 9.93. The predicted octanol–water partition coefficient (Wildman–Crippen LogP) is -1.15. The maximum atomic E-state index is 11.6. The SMILES string of the molecule is C[N+](C)(C)C[C@](O)(CC(=O)O)C(=O)CCO. The first-order valence-electron chi connectivity index (χ1n) is 4.99. The van der Waals surface area contributed by atoms with Gasteiger partial charge < -0.3 is 19.8 Å². The molecule has 16 heavy (non-hydrogen) atoms. The highest BCUT2D eigenvalue weighted by atomic mass is 16.4. The number of aliphatic hydroxyl groups is 2. The quantitative estimate of drug-likeness (QED) is 0.483. The molecule has 0 aliphatic rings. The van der Waals surface area contributed by atoms with E-state index in [4.69, 9.17) is 10.2 Å². The standard InChI is InChI=1S/C10H19NO5/c1-11(2,3)7-10(16,6-9(14)15)8(13)4-5-12/h12,16H,4-7H2,1-3H3/p+1/t10-/m1/s1. The van der Waals surface area contributed by atoms with Gasteiger partial charge in [-0.1, -0.05) is 0 Å². The van der Waals surface area contributed by atoms with Crippen molar-refractivity contribution in [2.75, 3.05) is 34.3 Å². The van der Waals surface area contributed by atoms with E-state index >= 15 is 0 Å². The van der Waals surface area contributed by atoms with Crippen LogP contribution in [-0.4, -0.2) is 71.5 Å². The van der Waals surface area contributed by atoms with Crippen LogP contribution in [0.5, 0.6) is 0 Å². The Labute approximate surface area is 94.7 Å². The van der Waals surface area contributed by atoms with Crippen LogP contribution in [-0.2, 0) is 9.59 Å². The van der Waals surface area contributed by atoms with Crippen LogP contribution < -0.4 is 0 Å². The highest BCUT2D eigenvalue weighted by molar-refractivity contribution is 5.91. The Balaban J connectivity index is 4.87. The summed E-state index contributed by atoms with van der Waals surface area (Å²) in [5, 5.41) is 27.4. The molecule has 0 radical (unpaired) electrons. The fourth-order valence-electron chi connectivity index (χ4n) is 1.61. The molecule has 0 saturated carbocycles. The first kappa shape index (κ1) is 15.0. The minimum atomic E-state index is -1.91. The van der Waals surface area contributed by atoms with Gasteiger partial charge in [-0.3, -0.25) is 9.59 Å². The van der Waals surface area contributed by atoms with Gasteiger partial charge in [-0.2, -0.15) is 0 Å². The Kier molecular flexibility index (Phi) is 5.05. The van der Waals surface area contributed by atoms with Gasteiger partial charge >= 0.3 is 5.97 Å². The number of hydrogen-bond donors (Lipinski definition) is 3. The van der Waals surface area contributed by atoms with E-state index in [1.807, 2.05) is 0 Å². The van der Waals surface area contributed by atoms with Crippen LogP contribution in [0.1, 0.15) is 12.8 Å². The number of nitrogens with zero attached hydrogens (tertiary/aromatic N) is 1. The molecule has 6 heteroatoms. The zero-order valence-electron chi connectivity index (χ0n) is 9.93. The molecule has 0 aromatic rings. The van der Waals surface area contributed by atoms with Crippen molar-refractivity contribution in [2.45, 2.75) is 18.4 Å². The maximum Gasteiger partial charge on any atom is 0.306 e. The average molecular weight is 234 g/mol. The number of carbonyl (C=O) groups excluding carboxylic acids is 1. The highest BCUT2D eigenvalue weighted by Gasteiger charge is 2.42. The Morgan fingerprint density at radius 2 is 1.75 bits per heavy atom. The second-order valence-corrected chi connectivity index (χ2v) is 4.95. The number of Topliss-reactive ketones (excluding diaryl/α,β-unsaturated/α-hetero) is 1. The summed E-state index contributed by atoms with van der Waals surface area (Å²) in [7, 11) is 5.25. The van der Waals surface area contributed by atoms with Gasteiger partial charge in [-0.25, -0.2) is 0 Å². The zero-order chi connectivity index (χ0) is 13.0. The molecule has 0 amide bonds. The highest BCUT2D eigenvalue weighted by Crippen LogP contribution is 2.17. The molecule has 3 N–H and O–H groups in total. The van der Waals surface area contributed by atoms with E-state index < -0.39 is 30.4 Å². The first-order valence-corrected chi connectivity index (χ1v) is 4.99. The van der Waals surface area contributed by atoms with Crippen LogP contribution in [0, 0.1) is 0 Å². The molecule has 1 atom stereocenters. The fourth-order valence-corrected chi connectivity index (χ4v) is 1.61. The summed E-state index contributed by atoms with van der Waals surface area (Å²) in [5.74, 6) is -1.87. The molecular weight excluding hydrogens is 214 g/mol. The van der Waals surface area contributed by atoms with E-state index in [0.29, 0.717) is 0 Å². The number of carboxylic acid groups (broad SMARTS) is 1. The number of aliphatic carboxylic acids is 1. The predicted molar refractivity (Wildman–Crippen MR) is 56.8 cm³/mol. The van der Waals surface area contributed by atoms with Crippen molar-refractivity contribution in [3.63, 3.8) is 0 Å². The average Bonchev–Trinajstić information content (AvgIpc) is 1.98. The van der Waals surface area contributed by atoms with Crippen molar-refractivity contribution in [3.05, 3.63) is 0 Å². The summed E-state index contributed by atoms with van der Waals surface area (Å²) in [4.78, 5) is 22.2. The van der Waals surface area contributed by atoms with E-state index in [1.165, 1.54) is 0 Å². The molecule has 94 valence electrons. The van der Waals surface area contributed by atoms with E-state index in [9.17, 15) is 14.7 Å². The van der Waals surface area contributed by atoms with Crippen molar-refractivity contribution in [1.29, 1.82) is 0 Å². The number of ketones is 1. The van der Waals surface area contributed by atoms with Gasteiger partial charge in [0, 0.05) is 6.42 Å². The first-order chi connectivity index (χ1) is 7.10. The number of hydrogen-bond acceptors (Lipinski definition) is 4. The Morgan fingerprint density at radius 3 is 2.06 bits per heavy atom. The van der Waals surface area contributed by atoms with Crippen molar-refractivity contribution >= 4 is 11.8 Å². The molecule has 0 aromatic heterocycles. The van der Waals surface area contributed by atoms with Gasteiger partial charge in [0.25, 0.3) is 0 Å². The number of carboxylic acids is 1. The number of aliphatic hydroxyl groups excluding tert-OH is 1. The van der Waals surface area contributed by atoms with Crippen molar-refractivity contribution in [1.82, 2.24) is 0 Å². The Morgan fingerprint density at radius 1 is 1.25 bits per heavy atom. The van der Waals surface area contributed by atoms with Gasteiger partial charge in [-0.05, 0) is 0 Å². The van der Waals surface area contributed by atoms with Crippen LogP contribution >= 0.6 is 0 Å². The molecule has 0 aliphatic carbocycles. The topological polar surface area (TPSA) is 94.8 Å². The van der Waals surface area contributed by atoms with Crippen molar-refractivity contribution in [3.8, 4) is 0 Å². The van der Waals surface area contributed by atoms with Crippen LogP contribution in [0.4, 0.5) is 0 Å². The van der Waals surface area contributed by atoms with E-state index in [0.717, 1.165) is 0 Å². The molecule has 6 nitrogen and oxygen atoms in total. The number of quaternary nitrogens is 1. The molecule has 0 unspecified atom stereocenters. The van der Waals surface area contributed by atoms with Gasteiger partial charge in [0.1, 0.15) is 6.54 Å².